The van der Waals surface area contributed by atoms with Gasteiger partial charge in [0, 0.05) is 17.0 Å². The van der Waals surface area contributed by atoms with E-state index in [1.165, 1.54) is 11.8 Å². The SMILES string of the molecule is Cc1cc(C)nc(SCC(=O)OCC(=O)c2cc(C)c(C)cc2C)n1. The molecule has 0 atom stereocenters. The number of hydrogen-bond acceptors (Lipinski definition) is 6. The maximum atomic E-state index is 12.3. The van der Waals surface area contributed by atoms with Gasteiger partial charge in [0.05, 0.1) is 5.75 Å². The first-order valence-electron chi connectivity index (χ1n) is 7.98. The van der Waals surface area contributed by atoms with Gasteiger partial charge in [-0.1, -0.05) is 17.8 Å². The number of esters is 1. The molecule has 25 heavy (non-hydrogen) atoms. The number of nitrogens with zero attached hydrogens (tertiary/aromatic N) is 2. The van der Waals surface area contributed by atoms with Crippen molar-refractivity contribution < 1.29 is 14.3 Å². The van der Waals surface area contributed by atoms with Crippen molar-refractivity contribution in [1.82, 2.24) is 9.97 Å². The maximum Gasteiger partial charge on any atom is 0.316 e. The fraction of sp³-hybridized carbons (Fsp3) is 0.368. The lowest BCUT2D eigenvalue weighted by molar-refractivity contribution is -0.139. The van der Waals surface area contributed by atoms with E-state index < -0.39 is 5.97 Å². The van der Waals surface area contributed by atoms with Crippen molar-refractivity contribution in [2.45, 2.75) is 39.8 Å². The Hall–Kier alpha value is -2.21. The molecule has 0 saturated heterocycles. The van der Waals surface area contributed by atoms with Crippen molar-refractivity contribution in [3.63, 3.8) is 0 Å². The molecule has 132 valence electrons. The quantitative estimate of drug-likeness (QED) is 0.340. The van der Waals surface area contributed by atoms with E-state index in [0.29, 0.717) is 10.7 Å². The topological polar surface area (TPSA) is 69.2 Å². The van der Waals surface area contributed by atoms with Gasteiger partial charge in [-0.2, -0.15) is 0 Å². The van der Waals surface area contributed by atoms with Gasteiger partial charge in [-0.05, 0) is 63.4 Å². The van der Waals surface area contributed by atoms with E-state index in [2.05, 4.69) is 9.97 Å². The lowest BCUT2D eigenvalue weighted by Gasteiger charge is -2.09. The number of hydrogen-bond donors (Lipinski definition) is 0. The van der Waals surface area contributed by atoms with Crippen LogP contribution in [0.3, 0.4) is 0 Å². The number of carbonyl (C=O) groups is 2. The Morgan fingerprint density at radius 2 is 1.52 bits per heavy atom. The van der Waals surface area contributed by atoms with E-state index in [-0.39, 0.29) is 18.1 Å². The molecule has 5 nitrogen and oxygen atoms in total. The summed E-state index contributed by atoms with van der Waals surface area (Å²) < 4.78 is 5.10. The Kier molecular flexibility index (Phi) is 6.31. The molecule has 0 saturated carbocycles. The summed E-state index contributed by atoms with van der Waals surface area (Å²) in [5.74, 6) is -0.577. The molecule has 0 aliphatic carbocycles. The zero-order valence-corrected chi connectivity index (χ0v) is 16.0. The lowest BCUT2D eigenvalue weighted by Crippen LogP contribution is -2.16. The van der Waals surface area contributed by atoms with Gasteiger partial charge in [-0.3, -0.25) is 9.59 Å². The second-order valence-corrected chi connectivity index (χ2v) is 7.00. The molecule has 2 aromatic rings. The normalized spacial score (nSPS) is 10.6. The molecule has 1 aromatic heterocycles. The molecule has 1 heterocycles. The van der Waals surface area contributed by atoms with Crippen LogP contribution in [0.25, 0.3) is 0 Å². The van der Waals surface area contributed by atoms with Crippen LogP contribution in [0.15, 0.2) is 23.4 Å². The van der Waals surface area contributed by atoms with Crippen molar-refractivity contribution in [3.05, 3.63) is 51.8 Å². The van der Waals surface area contributed by atoms with Gasteiger partial charge in [0.15, 0.2) is 11.8 Å². The minimum atomic E-state index is -0.456. The molecular formula is C19H22N2O3S. The van der Waals surface area contributed by atoms with Crippen LogP contribution in [0, 0.1) is 34.6 Å². The van der Waals surface area contributed by atoms with Crippen LogP contribution in [0.1, 0.15) is 38.4 Å². The van der Waals surface area contributed by atoms with Crippen molar-refractivity contribution >= 4 is 23.5 Å². The average Bonchev–Trinajstić information content (AvgIpc) is 2.53. The fourth-order valence-electron chi connectivity index (χ4n) is 2.41. The molecule has 0 aliphatic heterocycles. The zero-order valence-electron chi connectivity index (χ0n) is 15.2. The molecule has 1 aromatic carbocycles. The molecular weight excluding hydrogens is 336 g/mol. The first kappa shape index (κ1) is 19.1. The van der Waals surface area contributed by atoms with Crippen LogP contribution in [0.5, 0.6) is 0 Å². The van der Waals surface area contributed by atoms with E-state index in [0.717, 1.165) is 28.1 Å². The highest BCUT2D eigenvalue weighted by atomic mass is 32.2. The Balaban J connectivity index is 1.89. The molecule has 0 aliphatic rings. The van der Waals surface area contributed by atoms with E-state index in [1.807, 2.05) is 52.8 Å². The number of aryl methyl sites for hydroxylation is 5. The number of ketones is 1. The van der Waals surface area contributed by atoms with E-state index in [1.54, 1.807) is 0 Å². The van der Waals surface area contributed by atoms with Gasteiger partial charge in [0.1, 0.15) is 0 Å². The Morgan fingerprint density at radius 1 is 0.920 bits per heavy atom. The van der Waals surface area contributed by atoms with Gasteiger partial charge >= 0.3 is 5.97 Å². The zero-order chi connectivity index (χ0) is 18.6. The summed E-state index contributed by atoms with van der Waals surface area (Å²) >= 11 is 1.20. The highest BCUT2D eigenvalue weighted by Crippen LogP contribution is 2.17. The van der Waals surface area contributed by atoms with Crippen LogP contribution in [-0.2, 0) is 9.53 Å². The van der Waals surface area contributed by atoms with Crippen LogP contribution in [-0.4, -0.2) is 34.1 Å². The molecule has 0 N–H and O–H groups in total. The van der Waals surface area contributed by atoms with Crippen LogP contribution >= 0.6 is 11.8 Å². The molecule has 2 rings (SSSR count). The number of Topliss-reactive ketones (excluding diaryl/α,β-unsaturated/α-hetero) is 1. The number of benzene rings is 1. The van der Waals surface area contributed by atoms with Crippen molar-refractivity contribution in [2.75, 3.05) is 12.4 Å². The third-order valence-corrected chi connectivity index (χ3v) is 4.61. The molecule has 0 radical (unpaired) electrons. The summed E-state index contributed by atoms with van der Waals surface area (Å²) in [5.41, 5.74) is 5.37. The van der Waals surface area contributed by atoms with Gasteiger partial charge < -0.3 is 4.74 Å². The Bertz CT molecular complexity index is 798. The van der Waals surface area contributed by atoms with E-state index in [9.17, 15) is 9.59 Å². The minimum Gasteiger partial charge on any atom is -0.457 e. The van der Waals surface area contributed by atoms with Gasteiger partial charge in [0.2, 0.25) is 5.78 Å². The number of ether oxygens (including phenoxy) is 1. The maximum absolute atomic E-state index is 12.3. The largest absolute Gasteiger partial charge is 0.457 e. The number of aromatic nitrogens is 2. The van der Waals surface area contributed by atoms with Gasteiger partial charge in [-0.25, -0.2) is 9.97 Å². The first-order chi connectivity index (χ1) is 11.8. The highest BCUT2D eigenvalue weighted by molar-refractivity contribution is 7.99. The molecule has 0 bridgehead atoms. The standard InChI is InChI=1S/C19H22N2O3S/c1-11-6-13(3)16(7-12(11)2)17(22)9-24-18(23)10-25-19-20-14(4)8-15(5)21-19/h6-8H,9-10H2,1-5H3. The molecule has 0 amide bonds. The first-order valence-corrected chi connectivity index (χ1v) is 8.96. The fourth-order valence-corrected chi connectivity index (χ4v) is 3.16. The molecule has 0 unspecified atom stereocenters. The summed E-state index contributed by atoms with van der Waals surface area (Å²) in [7, 11) is 0. The number of thioether (sulfide) groups is 1. The van der Waals surface area contributed by atoms with E-state index in [4.69, 9.17) is 4.74 Å². The van der Waals surface area contributed by atoms with Crippen LogP contribution in [0.2, 0.25) is 0 Å². The third kappa shape index (κ3) is 5.39. The predicted molar refractivity (Wildman–Crippen MR) is 98.2 cm³/mol. The van der Waals surface area contributed by atoms with Crippen molar-refractivity contribution in [2.24, 2.45) is 0 Å². The summed E-state index contributed by atoms with van der Waals surface area (Å²) in [6.45, 7) is 9.34. The average molecular weight is 358 g/mol. The Morgan fingerprint density at radius 3 is 2.16 bits per heavy atom. The monoisotopic (exact) mass is 358 g/mol. The summed E-state index contributed by atoms with van der Waals surface area (Å²) in [5, 5.41) is 0.533. The summed E-state index contributed by atoms with van der Waals surface area (Å²) in [6, 6.07) is 5.68. The van der Waals surface area contributed by atoms with Crippen molar-refractivity contribution in [3.8, 4) is 0 Å². The Labute approximate surface area is 152 Å². The highest BCUT2D eigenvalue weighted by Gasteiger charge is 2.14. The predicted octanol–water partition coefficient (Wildman–Crippen LogP) is 3.54. The second-order valence-electron chi connectivity index (χ2n) is 6.06. The van der Waals surface area contributed by atoms with Gasteiger partial charge in [0.25, 0.3) is 0 Å². The third-order valence-electron chi connectivity index (χ3n) is 3.79. The second kappa shape index (κ2) is 8.25. The van der Waals surface area contributed by atoms with Gasteiger partial charge in [-0.15, -0.1) is 0 Å². The summed E-state index contributed by atoms with van der Waals surface area (Å²) in [6.07, 6.45) is 0. The number of rotatable bonds is 6. The van der Waals surface area contributed by atoms with Crippen LogP contribution < -0.4 is 0 Å². The smallest absolute Gasteiger partial charge is 0.316 e. The summed E-state index contributed by atoms with van der Waals surface area (Å²) in [4.78, 5) is 32.7. The van der Waals surface area contributed by atoms with E-state index >= 15 is 0 Å². The van der Waals surface area contributed by atoms with Crippen LogP contribution in [0.4, 0.5) is 0 Å². The number of carbonyl (C=O) groups excluding carboxylic acids is 2. The minimum absolute atomic E-state index is 0.0715. The lowest BCUT2D eigenvalue weighted by atomic mass is 9.98. The molecule has 6 heteroatoms. The molecule has 0 fully saturated rings. The van der Waals surface area contributed by atoms with Crippen molar-refractivity contribution in [1.29, 1.82) is 0 Å². The molecule has 0 spiro atoms.